The summed E-state index contributed by atoms with van der Waals surface area (Å²) >= 11 is 0. The molecule has 0 heterocycles. The number of amides is 2. The van der Waals surface area contributed by atoms with E-state index in [9.17, 15) is 9.59 Å². The summed E-state index contributed by atoms with van der Waals surface area (Å²) < 4.78 is 0. The molecule has 0 radical (unpaired) electrons. The molecule has 0 unspecified atom stereocenters. The monoisotopic (exact) mass is 159 g/mol. The zero-order valence-corrected chi connectivity index (χ0v) is 6.30. The van der Waals surface area contributed by atoms with Crippen LogP contribution >= 0.6 is 0 Å². The van der Waals surface area contributed by atoms with E-state index in [0.717, 1.165) is 6.42 Å². The lowest BCUT2D eigenvalue weighted by Crippen LogP contribution is -2.34. The Hall–Kier alpha value is -1.10. The molecular weight excluding hydrogens is 146 g/mol. The van der Waals surface area contributed by atoms with Crippen molar-refractivity contribution in [2.45, 2.75) is 6.42 Å². The molecule has 0 atom stereocenters. The van der Waals surface area contributed by atoms with Crippen LogP contribution in [-0.2, 0) is 9.59 Å². The van der Waals surface area contributed by atoms with Gasteiger partial charge in [0.05, 0.1) is 6.54 Å². The summed E-state index contributed by atoms with van der Waals surface area (Å²) in [5, 5.41) is 4.83. The fourth-order valence-electron chi connectivity index (χ4n) is 0.527. The second-order valence-electron chi connectivity index (χ2n) is 1.99. The van der Waals surface area contributed by atoms with Crippen LogP contribution < -0.4 is 16.4 Å². The molecular formula is C6H13N3O2. The van der Waals surface area contributed by atoms with Gasteiger partial charge in [-0.1, -0.05) is 0 Å². The van der Waals surface area contributed by atoms with Gasteiger partial charge in [-0.2, -0.15) is 0 Å². The third kappa shape index (κ3) is 6.79. The van der Waals surface area contributed by atoms with Crippen LogP contribution in [0, 0.1) is 0 Å². The highest BCUT2D eigenvalue weighted by molar-refractivity contribution is 5.79. The summed E-state index contributed by atoms with van der Waals surface area (Å²) in [6.45, 7) is 1.16. The summed E-state index contributed by atoms with van der Waals surface area (Å²) in [5.41, 5.74) is 5.19. The minimum absolute atomic E-state index is 0.0358. The van der Waals surface area contributed by atoms with Gasteiger partial charge in [-0.3, -0.25) is 9.59 Å². The maximum absolute atomic E-state index is 10.7. The molecule has 0 saturated carbocycles. The van der Waals surface area contributed by atoms with Crippen LogP contribution in [0.5, 0.6) is 0 Å². The van der Waals surface area contributed by atoms with Gasteiger partial charge in [0.1, 0.15) is 0 Å². The van der Waals surface area contributed by atoms with Crippen molar-refractivity contribution >= 4 is 12.3 Å². The Bertz CT molecular complexity index is 127. The highest BCUT2D eigenvalue weighted by Crippen LogP contribution is 1.69. The number of hydrogen-bond donors (Lipinski definition) is 3. The molecule has 0 aromatic heterocycles. The van der Waals surface area contributed by atoms with Crippen molar-refractivity contribution in [1.29, 1.82) is 0 Å². The maximum atomic E-state index is 10.7. The number of nitrogens with one attached hydrogen (secondary N) is 2. The molecule has 0 aromatic rings. The Balaban J connectivity index is 3.15. The standard InChI is InChI=1S/C6H13N3O2/c7-2-1-3-9-6(11)4-8-5-10/h5H,1-4,7H2,(H,8,10)(H,9,11). The second kappa shape index (κ2) is 7.01. The minimum Gasteiger partial charge on any atom is -0.355 e. The molecule has 0 aliphatic heterocycles. The van der Waals surface area contributed by atoms with Gasteiger partial charge in [0.25, 0.3) is 0 Å². The number of rotatable bonds is 6. The number of carbonyl (C=O) groups is 2. The van der Waals surface area contributed by atoms with E-state index in [4.69, 9.17) is 5.73 Å². The zero-order chi connectivity index (χ0) is 8.53. The molecule has 0 aliphatic carbocycles. The number of carbonyl (C=O) groups excluding carboxylic acids is 2. The summed E-state index contributed by atoms with van der Waals surface area (Å²) in [6.07, 6.45) is 1.25. The van der Waals surface area contributed by atoms with Crippen LogP contribution in [-0.4, -0.2) is 32.0 Å². The fourth-order valence-corrected chi connectivity index (χ4v) is 0.527. The van der Waals surface area contributed by atoms with Gasteiger partial charge in [0.15, 0.2) is 0 Å². The first-order valence-corrected chi connectivity index (χ1v) is 3.45. The minimum atomic E-state index is -0.189. The van der Waals surface area contributed by atoms with E-state index in [2.05, 4.69) is 10.6 Å². The Morgan fingerprint density at radius 2 is 2.27 bits per heavy atom. The molecule has 0 bridgehead atoms. The van der Waals surface area contributed by atoms with E-state index in [-0.39, 0.29) is 12.5 Å². The summed E-state index contributed by atoms with van der Waals surface area (Å²) in [7, 11) is 0. The molecule has 64 valence electrons. The molecule has 0 rings (SSSR count). The van der Waals surface area contributed by atoms with Crippen LogP contribution in [0.1, 0.15) is 6.42 Å². The van der Waals surface area contributed by atoms with E-state index >= 15 is 0 Å². The van der Waals surface area contributed by atoms with E-state index in [1.807, 2.05) is 0 Å². The van der Waals surface area contributed by atoms with Crippen LogP contribution in [0.3, 0.4) is 0 Å². The Labute approximate surface area is 65.3 Å². The van der Waals surface area contributed by atoms with E-state index in [0.29, 0.717) is 19.5 Å². The molecule has 0 aliphatic rings. The average Bonchev–Trinajstić information content (AvgIpc) is 2.01. The maximum Gasteiger partial charge on any atom is 0.239 e. The first-order valence-electron chi connectivity index (χ1n) is 3.45. The second-order valence-corrected chi connectivity index (χ2v) is 1.99. The molecule has 0 spiro atoms. The lowest BCUT2D eigenvalue weighted by molar-refractivity contribution is -0.122. The van der Waals surface area contributed by atoms with Crippen molar-refractivity contribution in [3.05, 3.63) is 0 Å². The predicted octanol–water partition coefficient (Wildman–Crippen LogP) is -1.80. The summed E-state index contributed by atoms with van der Waals surface area (Å²) in [6, 6.07) is 0. The summed E-state index contributed by atoms with van der Waals surface area (Å²) in [4.78, 5) is 20.4. The average molecular weight is 159 g/mol. The van der Waals surface area contributed by atoms with Gasteiger partial charge in [-0.05, 0) is 13.0 Å². The SMILES string of the molecule is NCCCNC(=O)CNC=O. The van der Waals surface area contributed by atoms with Crippen LogP contribution in [0.2, 0.25) is 0 Å². The first-order chi connectivity index (χ1) is 5.31. The highest BCUT2D eigenvalue weighted by atomic mass is 16.2. The van der Waals surface area contributed by atoms with Crippen molar-refractivity contribution in [2.24, 2.45) is 5.73 Å². The molecule has 2 amide bonds. The van der Waals surface area contributed by atoms with Crippen molar-refractivity contribution < 1.29 is 9.59 Å². The third-order valence-corrected chi connectivity index (χ3v) is 1.05. The Kier molecular flexibility index (Phi) is 6.31. The topological polar surface area (TPSA) is 84.2 Å². The molecule has 5 nitrogen and oxygen atoms in total. The first kappa shape index (κ1) is 9.90. The molecule has 0 saturated heterocycles. The third-order valence-electron chi connectivity index (χ3n) is 1.05. The summed E-state index contributed by atoms with van der Waals surface area (Å²) in [5.74, 6) is -0.189. The van der Waals surface area contributed by atoms with Crippen LogP contribution in [0.25, 0.3) is 0 Å². The molecule has 0 fully saturated rings. The fraction of sp³-hybridized carbons (Fsp3) is 0.667. The smallest absolute Gasteiger partial charge is 0.239 e. The number of hydrogen-bond acceptors (Lipinski definition) is 3. The molecule has 5 heteroatoms. The van der Waals surface area contributed by atoms with Crippen molar-refractivity contribution in [1.82, 2.24) is 10.6 Å². The van der Waals surface area contributed by atoms with E-state index < -0.39 is 0 Å². The lowest BCUT2D eigenvalue weighted by Gasteiger charge is -2.01. The largest absolute Gasteiger partial charge is 0.355 e. The quantitative estimate of drug-likeness (QED) is 0.316. The van der Waals surface area contributed by atoms with Gasteiger partial charge in [-0.15, -0.1) is 0 Å². The van der Waals surface area contributed by atoms with Crippen molar-refractivity contribution in [2.75, 3.05) is 19.6 Å². The molecule has 11 heavy (non-hydrogen) atoms. The van der Waals surface area contributed by atoms with Crippen LogP contribution in [0.4, 0.5) is 0 Å². The van der Waals surface area contributed by atoms with Crippen molar-refractivity contribution in [3.8, 4) is 0 Å². The normalized spacial score (nSPS) is 8.82. The molecule has 0 aromatic carbocycles. The van der Waals surface area contributed by atoms with Gasteiger partial charge in [0.2, 0.25) is 12.3 Å². The Morgan fingerprint density at radius 1 is 1.55 bits per heavy atom. The predicted molar refractivity (Wildman–Crippen MR) is 40.7 cm³/mol. The zero-order valence-electron chi connectivity index (χ0n) is 6.30. The van der Waals surface area contributed by atoms with E-state index in [1.54, 1.807) is 0 Å². The molecule has 4 N–H and O–H groups in total. The van der Waals surface area contributed by atoms with Gasteiger partial charge in [-0.25, -0.2) is 0 Å². The van der Waals surface area contributed by atoms with Gasteiger partial charge < -0.3 is 16.4 Å². The van der Waals surface area contributed by atoms with Gasteiger partial charge in [0, 0.05) is 6.54 Å². The van der Waals surface area contributed by atoms with Crippen LogP contribution in [0.15, 0.2) is 0 Å². The van der Waals surface area contributed by atoms with Crippen molar-refractivity contribution in [3.63, 3.8) is 0 Å². The number of nitrogens with two attached hydrogens (primary N) is 1. The highest BCUT2D eigenvalue weighted by Gasteiger charge is 1.96. The Morgan fingerprint density at radius 3 is 2.82 bits per heavy atom. The van der Waals surface area contributed by atoms with Gasteiger partial charge >= 0.3 is 0 Å². The lowest BCUT2D eigenvalue weighted by atomic mass is 10.4. The van der Waals surface area contributed by atoms with E-state index in [1.165, 1.54) is 0 Å².